The molecular formula is C12H13NO3. The van der Waals surface area contributed by atoms with Crippen molar-refractivity contribution < 1.29 is 14.3 Å². The van der Waals surface area contributed by atoms with Crippen LogP contribution < -0.4 is 4.90 Å². The van der Waals surface area contributed by atoms with Gasteiger partial charge in [0, 0.05) is 19.8 Å². The maximum Gasteiger partial charge on any atom is 0.321 e. The van der Waals surface area contributed by atoms with E-state index in [9.17, 15) is 9.59 Å². The molecule has 0 aliphatic carbocycles. The quantitative estimate of drug-likeness (QED) is 0.555. The number of benzene rings is 1. The number of hydrogen-bond acceptors (Lipinski definition) is 4. The Morgan fingerprint density at radius 3 is 2.62 bits per heavy atom. The Kier molecular flexibility index (Phi) is 2.64. The average molecular weight is 219 g/mol. The number of carbonyl (C=O) groups excluding carboxylic acids is 2. The summed E-state index contributed by atoms with van der Waals surface area (Å²) in [7, 11) is 3.86. The second-order valence-corrected chi connectivity index (χ2v) is 4.04. The summed E-state index contributed by atoms with van der Waals surface area (Å²) in [6.07, 6.45) is 0.149. The molecule has 0 N–H and O–H groups in total. The van der Waals surface area contributed by atoms with Crippen molar-refractivity contribution in [2.24, 2.45) is 0 Å². The molecule has 84 valence electrons. The highest BCUT2D eigenvalue weighted by Gasteiger charge is 2.34. The monoisotopic (exact) mass is 219 g/mol. The molecule has 1 atom stereocenters. The summed E-state index contributed by atoms with van der Waals surface area (Å²) in [4.78, 5) is 24.4. The van der Waals surface area contributed by atoms with Crippen molar-refractivity contribution in [3.05, 3.63) is 29.8 Å². The molecule has 4 heteroatoms. The standard InChI is InChI=1S/C12H13NO3/c1-13(2)9-5-3-4-8(6-9)10-7-11(14)16-12(10)15/h3-6,10H,7H2,1-2H3. The molecule has 0 radical (unpaired) electrons. The topological polar surface area (TPSA) is 46.6 Å². The SMILES string of the molecule is CN(C)c1cccc(C2CC(=O)OC2=O)c1. The van der Waals surface area contributed by atoms with Gasteiger partial charge in [0.05, 0.1) is 12.3 Å². The number of cyclic esters (lactones) is 2. The lowest BCUT2D eigenvalue weighted by atomic mass is 9.97. The van der Waals surface area contributed by atoms with Gasteiger partial charge >= 0.3 is 11.9 Å². The normalized spacial score (nSPS) is 19.8. The van der Waals surface area contributed by atoms with Gasteiger partial charge in [-0.3, -0.25) is 9.59 Å². The van der Waals surface area contributed by atoms with Crippen molar-refractivity contribution in [2.45, 2.75) is 12.3 Å². The smallest absolute Gasteiger partial charge is 0.321 e. The summed E-state index contributed by atoms with van der Waals surface area (Å²) in [5, 5.41) is 0. The van der Waals surface area contributed by atoms with Gasteiger partial charge in [0.25, 0.3) is 0 Å². The Labute approximate surface area is 93.8 Å². The Bertz CT molecular complexity index is 440. The molecule has 1 aliphatic heterocycles. The highest BCUT2D eigenvalue weighted by molar-refractivity contribution is 5.97. The molecule has 1 aromatic rings. The molecule has 1 saturated heterocycles. The van der Waals surface area contributed by atoms with E-state index in [0.717, 1.165) is 11.3 Å². The van der Waals surface area contributed by atoms with Crippen LogP contribution in [-0.4, -0.2) is 26.0 Å². The molecule has 0 spiro atoms. The number of nitrogens with zero attached hydrogens (tertiary/aromatic N) is 1. The van der Waals surface area contributed by atoms with Gasteiger partial charge in [0.15, 0.2) is 0 Å². The van der Waals surface area contributed by atoms with Crippen LogP contribution in [0.3, 0.4) is 0 Å². The molecular weight excluding hydrogens is 206 g/mol. The number of hydrogen-bond donors (Lipinski definition) is 0. The van der Waals surface area contributed by atoms with E-state index in [1.165, 1.54) is 0 Å². The van der Waals surface area contributed by atoms with E-state index in [0.29, 0.717) is 0 Å². The van der Waals surface area contributed by atoms with Crippen LogP contribution in [0.5, 0.6) is 0 Å². The fourth-order valence-electron chi connectivity index (χ4n) is 1.75. The minimum Gasteiger partial charge on any atom is -0.393 e. The molecule has 1 aromatic carbocycles. The summed E-state index contributed by atoms with van der Waals surface area (Å²) in [5.74, 6) is -1.32. The summed E-state index contributed by atoms with van der Waals surface area (Å²) >= 11 is 0. The van der Waals surface area contributed by atoms with Crippen molar-refractivity contribution >= 4 is 17.6 Å². The zero-order valence-electron chi connectivity index (χ0n) is 9.27. The van der Waals surface area contributed by atoms with Gasteiger partial charge < -0.3 is 9.64 Å². The van der Waals surface area contributed by atoms with E-state index in [4.69, 9.17) is 0 Å². The predicted molar refractivity (Wildman–Crippen MR) is 59.2 cm³/mol. The van der Waals surface area contributed by atoms with Crippen molar-refractivity contribution in [2.75, 3.05) is 19.0 Å². The van der Waals surface area contributed by atoms with Crippen LogP contribution in [-0.2, 0) is 14.3 Å². The zero-order chi connectivity index (χ0) is 11.7. The first-order chi connectivity index (χ1) is 7.58. The molecule has 4 nitrogen and oxygen atoms in total. The minimum absolute atomic E-state index is 0.149. The number of carbonyl (C=O) groups is 2. The van der Waals surface area contributed by atoms with E-state index in [1.54, 1.807) is 0 Å². The van der Waals surface area contributed by atoms with E-state index < -0.39 is 17.9 Å². The van der Waals surface area contributed by atoms with Crippen molar-refractivity contribution in [3.63, 3.8) is 0 Å². The highest BCUT2D eigenvalue weighted by atomic mass is 16.6. The van der Waals surface area contributed by atoms with E-state index >= 15 is 0 Å². The Balaban J connectivity index is 2.30. The first kappa shape index (κ1) is 10.7. The summed E-state index contributed by atoms with van der Waals surface area (Å²) in [6.45, 7) is 0. The van der Waals surface area contributed by atoms with E-state index in [2.05, 4.69) is 4.74 Å². The lowest BCUT2D eigenvalue weighted by Crippen LogP contribution is -2.10. The molecule has 1 fully saturated rings. The van der Waals surface area contributed by atoms with Gasteiger partial charge in [-0.15, -0.1) is 0 Å². The van der Waals surface area contributed by atoms with Crippen LogP contribution in [0.4, 0.5) is 5.69 Å². The number of esters is 2. The van der Waals surface area contributed by atoms with Gasteiger partial charge in [0.2, 0.25) is 0 Å². The van der Waals surface area contributed by atoms with Crippen LogP contribution in [0.25, 0.3) is 0 Å². The van der Waals surface area contributed by atoms with Crippen LogP contribution >= 0.6 is 0 Å². The predicted octanol–water partition coefficient (Wildman–Crippen LogP) is 1.31. The van der Waals surface area contributed by atoms with Crippen LogP contribution in [0.15, 0.2) is 24.3 Å². The van der Waals surface area contributed by atoms with E-state index in [-0.39, 0.29) is 6.42 Å². The lowest BCUT2D eigenvalue weighted by molar-refractivity contribution is -0.152. The Morgan fingerprint density at radius 1 is 1.31 bits per heavy atom. The lowest BCUT2D eigenvalue weighted by Gasteiger charge is -2.14. The number of anilines is 1. The fraction of sp³-hybridized carbons (Fsp3) is 0.333. The first-order valence-corrected chi connectivity index (χ1v) is 5.10. The summed E-state index contributed by atoms with van der Waals surface area (Å²) in [5.41, 5.74) is 1.84. The van der Waals surface area contributed by atoms with Gasteiger partial charge in [-0.1, -0.05) is 12.1 Å². The fourth-order valence-corrected chi connectivity index (χ4v) is 1.75. The first-order valence-electron chi connectivity index (χ1n) is 5.10. The molecule has 1 aliphatic rings. The maximum atomic E-state index is 11.4. The molecule has 2 rings (SSSR count). The highest BCUT2D eigenvalue weighted by Crippen LogP contribution is 2.29. The zero-order valence-corrected chi connectivity index (χ0v) is 9.27. The number of ether oxygens (including phenoxy) is 1. The summed E-state index contributed by atoms with van der Waals surface area (Å²) in [6, 6.07) is 7.58. The minimum atomic E-state index is -0.444. The Morgan fingerprint density at radius 2 is 2.06 bits per heavy atom. The second-order valence-electron chi connectivity index (χ2n) is 4.04. The third-order valence-electron chi connectivity index (χ3n) is 2.66. The molecule has 0 bridgehead atoms. The molecule has 16 heavy (non-hydrogen) atoms. The van der Waals surface area contributed by atoms with Crippen LogP contribution in [0.1, 0.15) is 17.9 Å². The van der Waals surface area contributed by atoms with Crippen molar-refractivity contribution in [1.82, 2.24) is 0 Å². The number of rotatable bonds is 2. The third kappa shape index (κ3) is 1.91. The largest absolute Gasteiger partial charge is 0.393 e. The Hall–Kier alpha value is -1.84. The maximum absolute atomic E-state index is 11.4. The summed E-state index contributed by atoms with van der Waals surface area (Å²) < 4.78 is 4.54. The van der Waals surface area contributed by atoms with Gasteiger partial charge in [-0.2, -0.15) is 0 Å². The molecule has 1 heterocycles. The molecule has 1 unspecified atom stereocenters. The van der Waals surface area contributed by atoms with Crippen LogP contribution in [0.2, 0.25) is 0 Å². The van der Waals surface area contributed by atoms with Crippen LogP contribution in [0, 0.1) is 0 Å². The van der Waals surface area contributed by atoms with Gasteiger partial charge in [0.1, 0.15) is 0 Å². The third-order valence-corrected chi connectivity index (χ3v) is 2.66. The van der Waals surface area contributed by atoms with E-state index in [1.807, 2.05) is 43.3 Å². The second kappa shape index (κ2) is 3.96. The van der Waals surface area contributed by atoms with Gasteiger partial charge in [-0.25, -0.2) is 0 Å². The van der Waals surface area contributed by atoms with Crippen molar-refractivity contribution in [1.29, 1.82) is 0 Å². The van der Waals surface area contributed by atoms with Gasteiger partial charge in [-0.05, 0) is 17.7 Å². The van der Waals surface area contributed by atoms with Crippen molar-refractivity contribution in [3.8, 4) is 0 Å². The average Bonchev–Trinajstić information content (AvgIpc) is 2.58. The molecule has 0 amide bonds. The molecule has 0 aromatic heterocycles. The molecule has 0 saturated carbocycles.